The highest BCUT2D eigenvalue weighted by Crippen LogP contribution is 2.35. The molecule has 0 bridgehead atoms. The number of carbonyl (C=O) groups excluding carboxylic acids is 2. The van der Waals surface area contributed by atoms with Crippen LogP contribution >= 0.6 is 39.7 Å². The van der Waals surface area contributed by atoms with Crippen LogP contribution in [0, 0.1) is 0 Å². The van der Waals surface area contributed by atoms with Crippen molar-refractivity contribution in [3.8, 4) is 11.5 Å². The third kappa shape index (κ3) is 4.08. The number of ether oxygens (including phenoxy) is 2. The van der Waals surface area contributed by atoms with E-state index in [1.54, 1.807) is 43.3 Å². The average molecular weight is 510 g/mol. The summed E-state index contributed by atoms with van der Waals surface area (Å²) in [5.74, 6) is 0.0320. The average Bonchev–Trinajstić information content (AvgIpc) is 2.73. The normalized spacial score (nSPS) is 15.8. The van der Waals surface area contributed by atoms with Gasteiger partial charge in [-0.05, 0) is 71.5 Å². The summed E-state index contributed by atoms with van der Waals surface area (Å²) < 4.78 is 11.4. The van der Waals surface area contributed by atoms with Gasteiger partial charge in [0, 0.05) is 23.2 Å². The van der Waals surface area contributed by atoms with Crippen LogP contribution in [0.5, 0.6) is 11.5 Å². The van der Waals surface area contributed by atoms with E-state index in [0.717, 1.165) is 0 Å². The molecule has 0 saturated carbocycles. The molecule has 2 aromatic carbocycles. The Bertz CT molecular complexity index is 1060. The maximum absolute atomic E-state index is 13.3. The minimum atomic E-state index is -0.522. The Balaban J connectivity index is 2.14. The Hall–Kier alpha value is -2.42. The van der Waals surface area contributed by atoms with Crippen LogP contribution in [-0.4, -0.2) is 42.6 Å². The highest BCUT2D eigenvalue weighted by atomic mass is 79.9. The van der Waals surface area contributed by atoms with E-state index in [9.17, 15) is 9.59 Å². The molecule has 0 aliphatic carbocycles. The van der Waals surface area contributed by atoms with Gasteiger partial charge in [-0.15, -0.1) is 0 Å². The number of carbonyl (C=O) groups is 2. The van der Waals surface area contributed by atoms with E-state index in [1.165, 1.54) is 30.1 Å². The summed E-state index contributed by atoms with van der Waals surface area (Å²) in [4.78, 5) is 29.1. The van der Waals surface area contributed by atoms with Crippen LogP contribution in [0.25, 0.3) is 6.08 Å². The fraction of sp³-hybridized carbons (Fsp3) is 0.190. The van der Waals surface area contributed by atoms with Crippen LogP contribution in [0.3, 0.4) is 0 Å². The monoisotopic (exact) mass is 508 g/mol. The Kier molecular flexibility index (Phi) is 6.80. The predicted molar refractivity (Wildman–Crippen MR) is 124 cm³/mol. The lowest BCUT2D eigenvalue weighted by molar-refractivity contribution is -0.127. The molecule has 0 N–H and O–H groups in total. The van der Waals surface area contributed by atoms with Crippen molar-refractivity contribution in [2.75, 3.05) is 25.7 Å². The second-order valence-corrected chi connectivity index (χ2v) is 7.89. The van der Waals surface area contributed by atoms with Crippen molar-refractivity contribution in [3.63, 3.8) is 0 Å². The van der Waals surface area contributed by atoms with Gasteiger partial charge in [-0.1, -0.05) is 11.6 Å². The first kappa shape index (κ1) is 22.3. The molecule has 1 saturated heterocycles. The number of methoxy groups -OCH3 is 2. The molecule has 0 atom stereocenters. The lowest BCUT2D eigenvalue weighted by atomic mass is 10.0. The lowest BCUT2D eigenvalue weighted by Gasteiger charge is -2.36. The molecule has 2 amide bonds. The molecule has 9 heteroatoms. The van der Waals surface area contributed by atoms with Crippen molar-refractivity contribution in [1.82, 2.24) is 4.90 Å². The third-order valence-electron chi connectivity index (χ3n) is 4.54. The van der Waals surface area contributed by atoms with E-state index in [-0.39, 0.29) is 10.7 Å². The topological polar surface area (TPSA) is 59.1 Å². The van der Waals surface area contributed by atoms with Crippen molar-refractivity contribution in [1.29, 1.82) is 0 Å². The van der Waals surface area contributed by atoms with Crippen molar-refractivity contribution in [2.24, 2.45) is 0 Å². The van der Waals surface area contributed by atoms with Crippen LogP contribution in [0.4, 0.5) is 5.69 Å². The minimum absolute atomic E-state index is 0.0317. The maximum atomic E-state index is 13.3. The van der Waals surface area contributed by atoms with Gasteiger partial charge in [-0.3, -0.25) is 19.4 Å². The third-order valence-corrected chi connectivity index (χ3v) is 5.81. The summed E-state index contributed by atoms with van der Waals surface area (Å²) in [5, 5.41) is 0.649. The number of halogens is 2. The van der Waals surface area contributed by atoms with E-state index >= 15 is 0 Å². The van der Waals surface area contributed by atoms with Gasteiger partial charge in [-0.25, -0.2) is 0 Å². The molecule has 0 spiro atoms. The summed E-state index contributed by atoms with van der Waals surface area (Å²) in [5.41, 5.74) is 1.03. The second-order valence-electron chi connectivity index (χ2n) is 6.24. The molecular formula is C21H18BrClN2O4S. The summed E-state index contributed by atoms with van der Waals surface area (Å²) in [7, 11) is 3.04. The van der Waals surface area contributed by atoms with Gasteiger partial charge in [0.15, 0.2) is 5.11 Å². The second kappa shape index (κ2) is 9.16. The summed E-state index contributed by atoms with van der Waals surface area (Å²) in [6.45, 7) is 2.11. The zero-order valence-electron chi connectivity index (χ0n) is 16.4. The van der Waals surface area contributed by atoms with Crippen molar-refractivity contribution in [2.45, 2.75) is 6.92 Å². The molecule has 1 fully saturated rings. The summed E-state index contributed by atoms with van der Waals surface area (Å²) in [6, 6.07) is 10.1. The number of thiocarbonyl (C=S) groups is 1. The predicted octanol–water partition coefficient (Wildman–Crippen LogP) is 4.68. The fourth-order valence-corrected chi connectivity index (χ4v) is 4.07. The quantitative estimate of drug-likeness (QED) is 0.333. The maximum Gasteiger partial charge on any atom is 0.270 e. The smallest absolute Gasteiger partial charge is 0.270 e. The van der Waals surface area contributed by atoms with Gasteiger partial charge in [0.25, 0.3) is 11.8 Å². The van der Waals surface area contributed by atoms with Crippen molar-refractivity contribution in [3.05, 3.63) is 57.0 Å². The molecule has 6 nitrogen and oxygen atoms in total. The Labute approximate surface area is 193 Å². The molecule has 30 heavy (non-hydrogen) atoms. The summed E-state index contributed by atoms with van der Waals surface area (Å²) >= 11 is 14.8. The first-order valence-corrected chi connectivity index (χ1v) is 10.5. The van der Waals surface area contributed by atoms with Gasteiger partial charge in [0.2, 0.25) is 0 Å². The minimum Gasteiger partial charge on any atom is -0.496 e. The van der Waals surface area contributed by atoms with Crippen LogP contribution in [0.2, 0.25) is 5.02 Å². The SMILES string of the molecule is CCN1C(=O)/C(=C\c2cc(Br)c(OC)cc2OC)C(=O)N(c2ccc(Cl)cc2)C1=S. The summed E-state index contributed by atoms with van der Waals surface area (Å²) in [6.07, 6.45) is 1.50. The number of hydrogen-bond acceptors (Lipinski definition) is 5. The fourth-order valence-electron chi connectivity index (χ4n) is 3.02. The van der Waals surface area contributed by atoms with Gasteiger partial charge in [0.05, 0.1) is 24.4 Å². The molecular weight excluding hydrogens is 492 g/mol. The molecule has 3 rings (SSSR count). The first-order valence-electron chi connectivity index (χ1n) is 8.91. The van der Waals surface area contributed by atoms with E-state index in [0.29, 0.717) is 38.8 Å². The zero-order valence-corrected chi connectivity index (χ0v) is 19.6. The van der Waals surface area contributed by atoms with E-state index in [4.69, 9.17) is 33.3 Å². The Morgan fingerprint density at radius 2 is 1.70 bits per heavy atom. The first-order chi connectivity index (χ1) is 14.3. The van der Waals surface area contributed by atoms with Crippen LogP contribution in [0.1, 0.15) is 12.5 Å². The number of anilines is 1. The van der Waals surface area contributed by atoms with Crippen LogP contribution in [-0.2, 0) is 9.59 Å². The number of hydrogen-bond donors (Lipinski definition) is 0. The Morgan fingerprint density at radius 1 is 1.07 bits per heavy atom. The number of amides is 2. The molecule has 0 aromatic heterocycles. The van der Waals surface area contributed by atoms with Crippen LogP contribution in [0.15, 0.2) is 46.4 Å². The number of benzene rings is 2. The van der Waals surface area contributed by atoms with Crippen molar-refractivity contribution >= 4 is 68.4 Å². The molecule has 1 aliphatic heterocycles. The van der Waals surface area contributed by atoms with Gasteiger partial charge in [0.1, 0.15) is 17.1 Å². The van der Waals surface area contributed by atoms with Gasteiger partial charge in [-0.2, -0.15) is 0 Å². The number of nitrogens with zero attached hydrogens (tertiary/aromatic N) is 2. The zero-order chi connectivity index (χ0) is 22.0. The number of likely N-dealkylation sites (N-methyl/N-ethyl adjacent to an activating group) is 1. The van der Waals surface area contributed by atoms with E-state index < -0.39 is 11.8 Å². The lowest BCUT2D eigenvalue weighted by Crippen LogP contribution is -2.56. The van der Waals surface area contributed by atoms with E-state index in [2.05, 4.69) is 15.9 Å². The molecule has 1 heterocycles. The van der Waals surface area contributed by atoms with Gasteiger partial charge < -0.3 is 9.47 Å². The molecule has 156 valence electrons. The molecule has 0 radical (unpaired) electrons. The van der Waals surface area contributed by atoms with Crippen LogP contribution < -0.4 is 14.4 Å². The highest BCUT2D eigenvalue weighted by Gasteiger charge is 2.39. The number of rotatable bonds is 5. The van der Waals surface area contributed by atoms with E-state index in [1.807, 2.05) is 0 Å². The molecule has 2 aromatic rings. The standard InChI is InChI=1S/C21H18BrClN2O4S/c1-4-24-19(26)15(9-12-10-16(22)18(29-3)11-17(12)28-2)20(27)25(21(24)30)14-7-5-13(23)6-8-14/h5-11H,4H2,1-3H3/b15-9+. The van der Waals surface area contributed by atoms with Gasteiger partial charge >= 0.3 is 0 Å². The molecule has 1 aliphatic rings. The largest absolute Gasteiger partial charge is 0.496 e. The van der Waals surface area contributed by atoms with Crippen molar-refractivity contribution < 1.29 is 19.1 Å². The Morgan fingerprint density at radius 3 is 2.27 bits per heavy atom. The highest BCUT2D eigenvalue weighted by molar-refractivity contribution is 9.10. The molecule has 0 unspecified atom stereocenters.